The van der Waals surface area contributed by atoms with Crippen LogP contribution in [0.5, 0.6) is 0 Å². The zero-order valence-electron chi connectivity index (χ0n) is 12.1. The van der Waals surface area contributed by atoms with Crippen molar-refractivity contribution in [3.05, 3.63) is 0 Å². The number of carboxylic acids is 1. The van der Waals surface area contributed by atoms with Gasteiger partial charge in [0.2, 0.25) is 0 Å². The van der Waals surface area contributed by atoms with Gasteiger partial charge in [-0.1, -0.05) is 13.8 Å². The Hall–Kier alpha value is -1.26. The van der Waals surface area contributed by atoms with Crippen molar-refractivity contribution in [3.63, 3.8) is 0 Å². The lowest BCUT2D eigenvalue weighted by Crippen LogP contribution is -2.44. The van der Waals surface area contributed by atoms with E-state index >= 15 is 0 Å². The quantitative estimate of drug-likeness (QED) is 0.847. The van der Waals surface area contributed by atoms with Crippen molar-refractivity contribution < 1.29 is 14.7 Å². The summed E-state index contributed by atoms with van der Waals surface area (Å²) in [5.41, 5.74) is -0.768. The Labute approximate surface area is 114 Å². The fourth-order valence-electron chi connectivity index (χ4n) is 2.90. The van der Waals surface area contributed by atoms with E-state index in [1.807, 2.05) is 20.9 Å². The molecule has 1 unspecified atom stereocenters. The van der Waals surface area contributed by atoms with Gasteiger partial charge in [-0.15, -0.1) is 0 Å². The number of hydrogen-bond acceptors (Lipinski definition) is 2. The molecule has 0 aromatic carbocycles. The molecule has 5 nitrogen and oxygen atoms in total. The number of likely N-dealkylation sites (tertiary alicyclic amines) is 1. The number of carbonyl (C=O) groups is 2. The minimum absolute atomic E-state index is 0.0179. The molecule has 0 radical (unpaired) electrons. The molecule has 0 aromatic heterocycles. The Morgan fingerprint density at radius 3 is 2.47 bits per heavy atom. The Morgan fingerprint density at radius 2 is 2.05 bits per heavy atom. The first kappa shape index (κ1) is 14.2. The number of carboxylic acid groups (broad SMARTS) is 1. The van der Waals surface area contributed by atoms with Gasteiger partial charge in [0.25, 0.3) is 0 Å². The summed E-state index contributed by atoms with van der Waals surface area (Å²) in [5.74, 6) is -0.0786. The van der Waals surface area contributed by atoms with E-state index in [2.05, 4.69) is 0 Å². The number of nitrogens with zero attached hydrogens (tertiary/aromatic N) is 2. The van der Waals surface area contributed by atoms with E-state index in [1.165, 1.54) is 12.8 Å². The Morgan fingerprint density at radius 1 is 1.42 bits per heavy atom. The summed E-state index contributed by atoms with van der Waals surface area (Å²) >= 11 is 0. The highest BCUT2D eigenvalue weighted by Crippen LogP contribution is 2.38. The molecule has 2 rings (SSSR count). The van der Waals surface area contributed by atoms with Crippen LogP contribution in [0.2, 0.25) is 0 Å². The molecule has 1 aliphatic carbocycles. The molecular formula is C14H24N2O3. The molecule has 19 heavy (non-hydrogen) atoms. The van der Waals surface area contributed by atoms with Gasteiger partial charge in [-0.3, -0.25) is 4.79 Å². The largest absolute Gasteiger partial charge is 0.481 e. The van der Waals surface area contributed by atoms with Gasteiger partial charge in [-0.05, 0) is 31.1 Å². The zero-order valence-corrected chi connectivity index (χ0v) is 12.1. The standard InChI is InChI=1S/C14H24N2O3/c1-10(2)14(12(17)18)6-7-16(9-14)13(19)15(3)8-11-4-5-11/h10-11H,4-9H2,1-3H3,(H,17,18). The Balaban J connectivity index is 1.99. The van der Waals surface area contributed by atoms with Gasteiger partial charge in [0, 0.05) is 26.7 Å². The molecule has 1 saturated carbocycles. The van der Waals surface area contributed by atoms with Crippen molar-refractivity contribution >= 4 is 12.0 Å². The van der Waals surface area contributed by atoms with Crippen LogP contribution in [0.1, 0.15) is 33.1 Å². The van der Waals surface area contributed by atoms with E-state index in [9.17, 15) is 14.7 Å². The molecule has 0 spiro atoms. The second-order valence-corrected chi connectivity index (χ2v) is 6.39. The van der Waals surface area contributed by atoms with Crippen LogP contribution in [-0.4, -0.2) is 53.6 Å². The summed E-state index contributed by atoms with van der Waals surface area (Å²) in [4.78, 5) is 27.3. The molecule has 5 heteroatoms. The van der Waals surface area contributed by atoms with Crippen LogP contribution in [0.25, 0.3) is 0 Å². The normalized spacial score (nSPS) is 26.8. The zero-order chi connectivity index (χ0) is 14.2. The molecule has 2 aliphatic rings. The molecule has 1 N–H and O–H groups in total. The van der Waals surface area contributed by atoms with E-state index in [0.717, 1.165) is 6.54 Å². The fraction of sp³-hybridized carbons (Fsp3) is 0.857. The number of amides is 2. The SMILES string of the molecule is CC(C)C1(C(=O)O)CCN(C(=O)N(C)CC2CC2)C1. The first-order valence-corrected chi connectivity index (χ1v) is 7.10. The van der Waals surface area contributed by atoms with Gasteiger partial charge in [0.05, 0.1) is 5.41 Å². The maximum Gasteiger partial charge on any atom is 0.319 e. The maximum atomic E-state index is 12.3. The van der Waals surface area contributed by atoms with Gasteiger partial charge in [0.1, 0.15) is 0 Å². The van der Waals surface area contributed by atoms with E-state index in [0.29, 0.717) is 25.4 Å². The molecule has 1 heterocycles. The Kier molecular flexibility index (Phi) is 3.74. The summed E-state index contributed by atoms with van der Waals surface area (Å²) < 4.78 is 0. The molecule has 108 valence electrons. The van der Waals surface area contributed by atoms with Crippen LogP contribution in [-0.2, 0) is 4.79 Å². The van der Waals surface area contributed by atoms with Gasteiger partial charge in [0.15, 0.2) is 0 Å². The van der Waals surface area contributed by atoms with Crippen LogP contribution in [0.3, 0.4) is 0 Å². The predicted molar refractivity (Wildman–Crippen MR) is 71.8 cm³/mol. The first-order valence-electron chi connectivity index (χ1n) is 7.10. The number of urea groups is 1. The molecule has 2 amide bonds. The van der Waals surface area contributed by atoms with Gasteiger partial charge in [-0.25, -0.2) is 4.79 Å². The molecular weight excluding hydrogens is 244 g/mol. The summed E-state index contributed by atoms with van der Waals surface area (Å²) in [6.45, 7) is 5.55. The maximum absolute atomic E-state index is 12.3. The summed E-state index contributed by atoms with van der Waals surface area (Å²) in [7, 11) is 1.82. The lowest BCUT2D eigenvalue weighted by Gasteiger charge is -2.30. The fourth-order valence-corrected chi connectivity index (χ4v) is 2.90. The minimum atomic E-state index is -0.775. The third kappa shape index (κ3) is 2.69. The van der Waals surface area contributed by atoms with Crippen LogP contribution in [0.15, 0.2) is 0 Å². The lowest BCUT2D eigenvalue weighted by molar-refractivity contribution is -0.150. The van der Waals surface area contributed by atoms with Crippen LogP contribution < -0.4 is 0 Å². The number of aliphatic carboxylic acids is 1. The van der Waals surface area contributed by atoms with Crippen molar-refractivity contribution in [1.82, 2.24) is 9.80 Å². The van der Waals surface area contributed by atoms with E-state index in [-0.39, 0.29) is 11.9 Å². The molecule has 1 atom stereocenters. The average Bonchev–Trinajstić information content (AvgIpc) is 3.02. The van der Waals surface area contributed by atoms with Crippen LogP contribution in [0, 0.1) is 17.3 Å². The van der Waals surface area contributed by atoms with E-state index in [4.69, 9.17) is 0 Å². The van der Waals surface area contributed by atoms with E-state index < -0.39 is 11.4 Å². The van der Waals surface area contributed by atoms with Crippen molar-refractivity contribution in [3.8, 4) is 0 Å². The van der Waals surface area contributed by atoms with Gasteiger partial charge < -0.3 is 14.9 Å². The number of rotatable bonds is 4. The van der Waals surface area contributed by atoms with Gasteiger partial charge >= 0.3 is 12.0 Å². The summed E-state index contributed by atoms with van der Waals surface area (Å²) in [6.07, 6.45) is 2.98. The molecule has 1 aliphatic heterocycles. The van der Waals surface area contributed by atoms with Crippen molar-refractivity contribution in [2.45, 2.75) is 33.1 Å². The predicted octanol–water partition coefficient (Wildman–Crippen LogP) is 1.88. The smallest absolute Gasteiger partial charge is 0.319 e. The highest BCUT2D eigenvalue weighted by Gasteiger charge is 2.49. The third-order valence-corrected chi connectivity index (χ3v) is 4.66. The molecule has 0 aromatic rings. The van der Waals surface area contributed by atoms with Crippen molar-refractivity contribution in [2.75, 3.05) is 26.7 Å². The third-order valence-electron chi connectivity index (χ3n) is 4.66. The van der Waals surface area contributed by atoms with Crippen molar-refractivity contribution in [1.29, 1.82) is 0 Å². The highest BCUT2D eigenvalue weighted by atomic mass is 16.4. The second-order valence-electron chi connectivity index (χ2n) is 6.39. The first-order chi connectivity index (χ1) is 8.86. The van der Waals surface area contributed by atoms with Gasteiger partial charge in [-0.2, -0.15) is 0 Å². The highest BCUT2D eigenvalue weighted by molar-refractivity contribution is 5.80. The summed E-state index contributed by atoms with van der Waals surface area (Å²) in [5, 5.41) is 9.48. The average molecular weight is 268 g/mol. The second kappa shape index (κ2) is 5.02. The van der Waals surface area contributed by atoms with Crippen LogP contribution >= 0.6 is 0 Å². The van der Waals surface area contributed by atoms with Crippen molar-refractivity contribution in [2.24, 2.45) is 17.3 Å². The molecule has 2 fully saturated rings. The molecule has 1 saturated heterocycles. The number of carbonyl (C=O) groups excluding carboxylic acids is 1. The molecule has 0 bridgehead atoms. The lowest BCUT2D eigenvalue weighted by atomic mass is 9.76. The van der Waals surface area contributed by atoms with E-state index in [1.54, 1.807) is 9.80 Å². The summed E-state index contributed by atoms with van der Waals surface area (Å²) in [6, 6.07) is -0.0179. The number of hydrogen-bond donors (Lipinski definition) is 1. The van der Waals surface area contributed by atoms with Crippen LogP contribution in [0.4, 0.5) is 4.79 Å². The topological polar surface area (TPSA) is 60.9 Å². The Bertz CT molecular complexity index is 379. The minimum Gasteiger partial charge on any atom is -0.481 e. The monoisotopic (exact) mass is 268 g/mol.